The molecule has 340 valence electrons. The predicted octanol–water partition coefficient (Wildman–Crippen LogP) is 11.9. The maximum Gasteiger partial charge on any atom is 0.273 e. The van der Waals surface area contributed by atoms with Crippen molar-refractivity contribution in [3.05, 3.63) is 137 Å². The van der Waals surface area contributed by atoms with Crippen molar-refractivity contribution in [3.63, 3.8) is 0 Å². The molecule has 5 aromatic rings. The lowest BCUT2D eigenvalue weighted by Gasteiger charge is -2.30. The number of nitrogens with one attached hydrogen (secondary N) is 2. The van der Waals surface area contributed by atoms with Gasteiger partial charge in [0.1, 0.15) is 23.9 Å². The summed E-state index contributed by atoms with van der Waals surface area (Å²) in [5.41, 5.74) is 2.90. The van der Waals surface area contributed by atoms with Crippen LogP contribution < -0.4 is 24.8 Å². The Morgan fingerprint density at radius 3 is 1.89 bits per heavy atom. The Bertz CT molecular complexity index is 2510. The van der Waals surface area contributed by atoms with Crippen LogP contribution >= 0.6 is 11.6 Å². The van der Waals surface area contributed by atoms with Crippen LogP contribution in [0.5, 0.6) is 17.2 Å². The standard InChI is InChI=1S/C52H61ClN2O8S/c1-10-51(6,7)36-19-30-45(42(32-36)52(8,9)11-2)61-31-15-18-46(56)54-37-20-29-43(53)44(33-37)55-49(58)47(48(57)50(3,4)5)63-39-23-27-41(28-24-39)64(59,60)40-25-21-38(22-26-40)62-34-35-16-13-12-14-17-35/h12-14,16-17,19-30,32-33,47H,10-11,15,18,31,34H2,1-9H3,(H,54,56)(H,55,58)/t47-/m1/s1. The second kappa shape index (κ2) is 20.9. The van der Waals surface area contributed by atoms with Crippen molar-refractivity contribution >= 4 is 50.4 Å². The Hall–Kier alpha value is -5.65. The summed E-state index contributed by atoms with van der Waals surface area (Å²) in [5, 5.41) is 5.72. The van der Waals surface area contributed by atoms with Crippen LogP contribution in [0.15, 0.2) is 125 Å². The molecule has 1 atom stereocenters. The van der Waals surface area contributed by atoms with Gasteiger partial charge in [-0.05, 0) is 114 Å². The van der Waals surface area contributed by atoms with Gasteiger partial charge in [0, 0.05) is 23.1 Å². The highest BCUT2D eigenvalue weighted by atomic mass is 35.5. The maximum absolute atomic E-state index is 13.8. The van der Waals surface area contributed by atoms with E-state index in [-0.39, 0.29) is 49.4 Å². The van der Waals surface area contributed by atoms with Gasteiger partial charge in [-0.25, -0.2) is 8.42 Å². The molecule has 2 amide bonds. The van der Waals surface area contributed by atoms with Gasteiger partial charge in [0.15, 0.2) is 5.78 Å². The lowest BCUT2D eigenvalue weighted by atomic mass is 9.76. The predicted molar refractivity (Wildman–Crippen MR) is 255 cm³/mol. The average molecular weight is 910 g/mol. The number of halogens is 1. The lowest BCUT2D eigenvalue weighted by molar-refractivity contribution is -0.140. The quantitative estimate of drug-likeness (QED) is 0.0582. The number of carbonyl (C=O) groups excluding carboxylic acids is 3. The number of sulfone groups is 1. The first-order valence-corrected chi connectivity index (χ1v) is 23.5. The van der Waals surface area contributed by atoms with Crippen LogP contribution in [0.2, 0.25) is 5.02 Å². The van der Waals surface area contributed by atoms with E-state index in [2.05, 4.69) is 64.3 Å². The van der Waals surface area contributed by atoms with Gasteiger partial charge in [-0.15, -0.1) is 0 Å². The number of ketones is 1. The monoisotopic (exact) mass is 908 g/mol. The summed E-state index contributed by atoms with van der Waals surface area (Å²) in [7, 11) is -3.92. The Labute approximate surface area is 384 Å². The van der Waals surface area contributed by atoms with E-state index in [1.54, 1.807) is 39.0 Å². The minimum absolute atomic E-state index is 0.00873. The Kier molecular flexibility index (Phi) is 16.1. The summed E-state index contributed by atoms with van der Waals surface area (Å²) < 4.78 is 45.0. The fourth-order valence-corrected chi connectivity index (χ4v) is 8.01. The number of hydrogen-bond acceptors (Lipinski definition) is 8. The normalized spacial score (nSPS) is 12.5. The van der Waals surface area contributed by atoms with Crippen LogP contribution in [-0.2, 0) is 41.7 Å². The number of benzene rings is 5. The number of carbonyl (C=O) groups is 3. The van der Waals surface area contributed by atoms with E-state index in [1.807, 2.05) is 36.4 Å². The molecule has 0 fully saturated rings. The maximum atomic E-state index is 13.8. The number of Topliss-reactive ketones (excluding diaryl/α,β-unsaturated/α-hetero) is 1. The molecule has 0 aliphatic carbocycles. The summed E-state index contributed by atoms with van der Waals surface area (Å²) in [6.07, 6.45) is 0.983. The molecule has 0 radical (unpaired) electrons. The van der Waals surface area contributed by atoms with Crippen molar-refractivity contribution in [2.45, 2.75) is 121 Å². The van der Waals surface area contributed by atoms with E-state index in [9.17, 15) is 22.8 Å². The number of ether oxygens (including phenoxy) is 3. The third-order valence-corrected chi connectivity index (χ3v) is 13.7. The molecule has 0 aliphatic heterocycles. The largest absolute Gasteiger partial charge is 0.493 e. The van der Waals surface area contributed by atoms with Gasteiger partial charge < -0.3 is 24.8 Å². The third-order valence-electron chi connectivity index (χ3n) is 11.6. The van der Waals surface area contributed by atoms with Gasteiger partial charge in [0.2, 0.25) is 21.8 Å². The van der Waals surface area contributed by atoms with E-state index in [4.69, 9.17) is 25.8 Å². The molecule has 0 aliphatic rings. The molecule has 0 saturated carbocycles. The third kappa shape index (κ3) is 12.8. The van der Waals surface area contributed by atoms with Crippen LogP contribution in [0.3, 0.4) is 0 Å². The molecular formula is C52H61ClN2O8S. The highest BCUT2D eigenvalue weighted by Crippen LogP contribution is 2.39. The molecule has 5 aromatic carbocycles. The summed E-state index contributed by atoms with van der Waals surface area (Å²) in [5.74, 6) is -0.137. The van der Waals surface area contributed by atoms with Gasteiger partial charge >= 0.3 is 0 Å². The van der Waals surface area contributed by atoms with Crippen LogP contribution in [0, 0.1) is 5.41 Å². The Morgan fingerprint density at radius 2 is 1.30 bits per heavy atom. The van der Waals surface area contributed by atoms with Crippen molar-refractivity contribution in [2.75, 3.05) is 17.2 Å². The Morgan fingerprint density at radius 1 is 0.688 bits per heavy atom. The van der Waals surface area contributed by atoms with Crippen molar-refractivity contribution in [1.82, 2.24) is 0 Å². The number of amides is 2. The second-order valence-corrected chi connectivity index (χ2v) is 20.6. The lowest BCUT2D eigenvalue weighted by Crippen LogP contribution is -2.45. The van der Waals surface area contributed by atoms with Gasteiger partial charge in [-0.1, -0.05) is 116 Å². The van der Waals surface area contributed by atoms with Crippen LogP contribution in [0.4, 0.5) is 11.4 Å². The molecular weight excluding hydrogens is 848 g/mol. The Balaban J connectivity index is 1.21. The number of rotatable bonds is 20. The first-order chi connectivity index (χ1) is 30.1. The highest BCUT2D eigenvalue weighted by molar-refractivity contribution is 7.91. The van der Waals surface area contributed by atoms with E-state index >= 15 is 0 Å². The van der Waals surface area contributed by atoms with Gasteiger partial charge in [0.25, 0.3) is 5.91 Å². The molecule has 0 heterocycles. The van der Waals surface area contributed by atoms with Crippen molar-refractivity contribution < 1.29 is 37.0 Å². The second-order valence-electron chi connectivity index (χ2n) is 18.2. The zero-order valence-electron chi connectivity index (χ0n) is 38.3. The van der Waals surface area contributed by atoms with E-state index in [0.717, 1.165) is 29.7 Å². The summed E-state index contributed by atoms with van der Waals surface area (Å²) in [4.78, 5) is 40.6. The van der Waals surface area contributed by atoms with Gasteiger partial charge in [0.05, 0.1) is 27.1 Å². The smallest absolute Gasteiger partial charge is 0.273 e. The van der Waals surface area contributed by atoms with Crippen LogP contribution in [0.1, 0.15) is 105 Å². The summed E-state index contributed by atoms with van der Waals surface area (Å²) in [6, 6.07) is 32.3. The van der Waals surface area contributed by atoms with Crippen molar-refractivity contribution in [1.29, 1.82) is 0 Å². The molecule has 0 unspecified atom stereocenters. The van der Waals surface area contributed by atoms with Gasteiger partial charge in [-0.3, -0.25) is 14.4 Å². The topological polar surface area (TPSA) is 137 Å². The van der Waals surface area contributed by atoms with Crippen LogP contribution in [0.25, 0.3) is 0 Å². The summed E-state index contributed by atoms with van der Waals surface area (Å²) >= 11 is 6.50. The first-order valence-electron chi connectivity index (χ1n) is 21.7. The molecule has 10 nitrogen and oxygen atoms in total. The zero-order chi connectivity index (χ0) is 46.9. The fourth-order valence-electron chi connectivity index (χ4n) is 6.58. The van der Waals surface area contributed by atoms with Crippen molar-refractivity contribution in [3.8, 4) is 17.2 Å². The van der Waals surface area contributed by atoms with Crippen molar-refractivity contribution in [2.24, 2.45) is 5.41 Å². The molecule has 0 saturated heterocycles. The molecule has 0 aromatic heterocycles. The van der Waals surface area contributed by atoms with Gasteiger partial charge in [-0.2, -0.15) is 0 Å². The number of anilines is 2. The molecule has 2 N–H and O–H groups in total. The molecule has 0 spiro atoms. The molecule has 0 bridgehead atoms. The highest BCUT2D eigenvalue weighted by Gasteiger charge is 2.37. The minimum atomic E-state index is -3.92. The van der Waals surface area contributed by atoms with E-state index in [0.29, 0.717) is 31.1 Å². The molecule has 64 heavy (non-hydrogen) atoms. The minimum Gasteiger partial charge on any atom is -0.493 e. The summed E-state index contributed by atoms with van der Waals surface area (Å²) in [6.45, 7) is 18.9. The van der Waals surface area contributed by atoms with Crippen LogP contribution in [-0.4, -0.2) is 38.7 Å². The van der Waals surface area contributed by atoms with E-state index in [1.165, 1.54) is 54.1 Å². The average Bonchev–Trinajstić information content (AvgIpc) is 3.27. The zero-order valence-corrected chi connectivity index (χ0v) is 39.9. The number of hydrogen-bond donors (Lipinski definition) is 2. The molecule has 5 rings (SSSR count). The SMILES string of the molecule is CCC(C)(C)c1ccc(OCCCC(=O)Nc2ccc(Cl)c(NC(=O)[C@H](Oc3ccc(S(=O)(=O)c4ccc(OCc5ccccc5)cc4)cc3)C(=O)C(C)(C)C)c2)c(C(C)(C)CC)c1. The fraction of sp³-hybridized carbons (Fsp3) is 0.365. The van der Waals surface area contributed by atoms with E-state index < -0.39 is 33.0 Å². The first kappa shape index (κ1) is 49.4. The molecule has 12 heteroatoms.